The van der Waals surface area contributed by atoms with E-state index in [4.69, 9.17) is 14.2 Å². The number of anilines is 1. The predicted octanol–water partition coefficient (Wildman–Crippen LogP) is 3.78. The number of rotatable bonds is 10. The number of piperidine rings is 1. The Morgan fingerprint density at radius 1 is 1.16 bits per heavy atom. The molecule has 1 aromatic rings. The molecule has 238 valence electrons. The maximum Gasteiger partial charge on any atom is 0.412 e. The standard InChI is InChI=1S/C31H46N4O8/c1-9-26(37)32-13-15-34-24-17-23(20(5)16-25(24)43-31(7,8)29(34)39)28(38)35(19(3)4)22-12-11-14-33(18-22)30(40)42-27(10-2)41-21(6)36/h16-17,19,22,27H,9-15,18H2,1-8H3,(H,32,37)/t22-,27?/m1/s1. The monoisotopic (exact) mass is 602 g/mol. The summed E-state index contributed by atoms with van der Waals surface area (Å²) in [5.74, 6) is -0.656. The molecule has 2 aliphatic heterocycles. The van der Waals surface area contributed by atoms with E-state index in [9.17, 15) is 24.0 Å². The van der Waals surface area contributed by atoms with E-state index in [1.165, 1.54) is 6.92 Å². The van der Waals surface area contributed by atoms with Gasteiger partial charge in [-0.2, -0.15) is 0 Å². The van der Waals surface area contributed by atoms with Gasteiger partial charge in [-0.3, -0.25) is 19.2 Å². The number of carbonyl (C=O) groups excluding carboxylic acids is 5. The van der Waals surface area contributed by atoms with Crippen molar-refractivity contribution in [1.82, 2.24) is 15.1 Å². The summed E-state index contributed by atoms with van der Waals surface area (Å²) < 4.78 is 16.6. The molecule has 12 heteroatoms. The Hall–Kier alpha value is -3.83. The third kappa shape index (κ3) is 7.97. The zero-order valence-corrected chi connectivity index (χ0v) is 26.7. The lowest BCUT2D eigenvalue weighted by molar-refractivity contribution is -0.167. The first kappa shape index (κ1) is 33.7. The molecule has 2 aliphatic rings. The molecule has 1 fully saturated rings. The van der Waals surface area contributed by atoms with E-state index in [1.807, 2.05) is 20.8 Å². The van der Waals surface area contributed by atoms with Crippen LogP contribution in [0.5, 0.6) is 5.75 Å². The molecule has 0 aliphatic carbocycles. The van der Waals surface area contributed by atoms with Crippen LogP contribution in [0.2, 0.25) is 0 Å². The normalized spacial score (nSPS) is 18.3. The van der Waals surface area contributed by atoms with E-state index in [0.29, 0.717) is 54.8 Å². The van der Waals surface area contributed by atoms with Crippen LogP contribution in [0.4, 0.5) is 10.5 Å². The van der Waals surface area contributed by atoms with E-state index in [0.717, 1.165) is 0 Å². The molecule has 3 rings (SSSR count). The Morgan fingerprint density at radius 2 is 1.86 bits per heavy atom. The van der Waals surface area contributed by atoms with Crippen molar-refractivity contribution in [3.05, 3.63) is 23.3 Å². The van der Waals surface area contributed by atoms with Crippen LogP contribution < -0.4 is 15.0 Å². The molecule has 1 aromatic carbocycles. The Kier molecular flexibility index (Phi) is 11.0. The van der Waals surface area contributed by atoms with E-state index in [2.05, 4.69) is 5.32 Å². The van der Waals surface area contributed by atoms with E-state index in [1.54, 1.807) is 54.5 Å². The fourth-order valence-electron chi connectivity index (χ4n) is 5.47. The highest BCUT2D eigenvalue weighted by atomic mass is 16.7. The van der Waals surface area contributed by atoms with E-state index < -0.39 is 24.0 Å². The summed E-state index contributed by atoms with van der Waals surface area (Å²) in [6.45, 7) is 15.0. The van der Waals surface area contributed by atoms with Crippen LogP contribution in [0, 0.1) is 6.92 Å². The number of ether oxygens (including phenoxy) is 3. The number of nitrogens with one attached hydrogen (secondary N) is 1. The van der Waals surface area contributed by atoms with Crippen LogP contribution in [-0.4, -0.2) is 89.7 Å². The minimum absolute atomic E-state index is 0.116. The topological polar surface area (TPSA) is 135 Å². The minimum atomic E-state index is -1.11. The molecule has 2 heterocycles. The lowest BCUT2D eigenvalue weighted by Gasteiger charge is -2.42. The van der Waals surface area contributed by atoms with Crippen molar-refractivity contribution in [3.63, 3.8) is 0 Å². The summed E-state index contributed by atoms with van der Waals surface area (Å²) >= 11 is 0. The molecule has 0 radical (unpaired) electrons. The van der Waals surface area contributed by atoms with Crippen LogP contribution in [0.15, 0.2) is 12.1 Å². The maximum absolute atomic E-state index is 14.2. The Morgan fingerprint density at radius 3 is 2.47 bits per heavy atom. The highest BCUT2D eigenvalue weighted by Crippen LogP contribution is 2.40. The molecule has 2 atom stereocenters. The summed E-state index contributed by atoms with van der Waals surface area (Å²) in [6.07, 6.45) is 0.449. The number of carbonyl (C=O) groups is 5. The molecule has 1 saturated heterocycles. The van der Waals surface area contributed by atoms with Gasteiger partial charge >= 0.3 is 12.1 Å². The van der Waals surface area contributed by atoms with Crippen molar-refractivity contribution in [2.24, 2.45) is 0 Å². The third-order valence-corrected chi connectivity index (χ3v) is 7.63. The van der Waals surface area contributed by atoms with Crippen LogP contribution >= 0.6 is 0 Å². The van der Waals surface area contributed by atoms with Crippen molar-refractivity contribution in [3.8, 4) is 5.75 Å². The zero-order chi connectivity index (χ0) is 32.1. The highest BCUT2D eigenvalue weighted by molar-refractivity contribution is 6.05. The first-order valence-electron chi connectivity index (χ1n) is 15.1. The highest BCUT2D eigenvalue weighted by Gasteiger charge is 2.42. The van der Waals surface area contributed by atoms with Gasteiger partial charge in [-0.1, -0.05) is 13.8 Å². The SMILES string of the molecule is CCC(=O)NCCN1C(=O)C(C)(C)Oc2cc(C)c(C(=O)N(C(C)C)[C@@H]3CCCN(C(=O)OC(CC)OC(C)=O)C3)cc21. The van der Waals surface area contributed by atoms with Gasteiger partial charge in [-0.25, -0.2) is 4.79 Å². The second kappa shape index (κ2) is 14.1. The lowest BCUT2D eigenvalue weighted by atomic mass is 9.97. The molecule has 0 spiro atoms. The zero-order valence-electron chi connectivity index (χ0n) is 26.7. The fraction of sp³-hybridized carbons (Fsp3) is 0.645. The average Bonchev–Trinajstić information content (AvgIpc) is 2.93. The molecule has 43 heavy (non-hydrogen) atoms. The summed E-state index contributed by atoms with van der Waals surface area (Å²) in [7, 11) is 0. The molecule has 0 bridgehead atoms. The number of benzene rings is 1. The van der Waals surface area contributed by atoms with E-state index >= 15 is 0 Å². The second-order valence-electron chi connectivity index (χ2n) is 11.8. The molecule has 1 unspecified atom stereocenters. The Balaban J connectivity index is 1.88. The maximum atomic E-state index is 14.2. The second-order valence-corrected chi connectivity index (χ2v) is 11.8. The molecular weight excluding hydrogens is 556 g/mol. The molecule has 0 aromatic heterocycles. The smallest absolute Gasteiger partial charge is 0.412 e. The number of aryl methyl sites for hydroxylation is 1. The van der Waals surface area contributed by atoms with Gasteiger partial charge in [0.25, 0.3) is 11.8 Å². The Labute approximate surface area is 254 Å². The number of fused-ring (bicyclic) bond motifs is 1. The summed E-state index contributed by atoms with van der Waals surface area (Å²) in [5.41, 5.74) is 0.471. The lowest BCUT2D eigenvalue weighted by Crippen LogP contribution is -2.55. The average molecular weight is 603 g/mol. The van der Waals surface area contributed by atoms with Crippen molar-refractivity contribution in [2.45, 2.75) is 105 Å². The van der Waals surface area contributed by atoms with Crippen molar-refractivity contribution >= 4 is 35.5 Å². The summed E-state index contributed by atoms with van der Waals surface area (Å²) in [5, 5.41) is 2.81. The van der Waals surface area contributed by atoms with Gasteiger partial charge in [0.15, 0.2) is 5.60 Å². The predicted molar refractivity (Wildman–Crippen MR) is 160 cm³/mol. The first-order chi connectivity index (χ1) is 20.2. The number of hydrogen-bond acceptors (Lipinski definition) is 8. The van der Waals surface area contributed by atoms with Gasteiger partial charge in [-0.05, 0) is 65.2 Å². The molecule has 4 amide bonds. The quantitative estimate of drug-likeness (QED) is 0.316. The number of esters is 1. The van der Waals surface area contributed by atoms with Crippen molar-refractivity contribution in [2.75, 3.05) is 31.1 Å². The van der Waals surface area contributed by atoms with Crippen LogP contribution in [0.25, 0.3) is 0 Å². The van der Waals surface area contributed by atoms with E-state index in [-0.39, 0.29) is 49.4 Å². The summed E-state index contributed by atoms with van der Waals surface area (Å²) in [6, 6.07) is 3.00. The van der Waals surface area contributed by atoms with Gasteiger partial charge < -0.3 is 34.2 Å². The van der Waals surface area contributed by atoms with Gasteiger partial charge in [0.05, 0.1) is 11.7 Å². The third-order valence-electron chi connectivity index (χ3n) is 7.63. The largest absolute Gasteiger partial charge is 0.476 e. The molecular formula is C31H46N4O8. The molecule has 12 nitrogen and oxygen atoms in total. The molecule has 0 saturated carbocycles. The van der Waals surface area contributed by atoms with Gasteiger partial charge in [0, 0.05) is 57.5 Å². The number of hydrogen-bond donors (Lipinski definition) is 1. The van der Waals surface area contributed by atoms with Crippen LogP contribution in [0.3, 0.4) is 0 Å². The number of likely N-dealkylation sites (tertiary alicyclic amines) is 1. The van der Waals surface area contributed by atoms with Gasteiger partial charge in [-0.15, -0.1) is 0 Å². The van der Waals surface area contributed by atoms with Crippen molar-refractivity contribution in [1.29, 1.82) is 0 Å². The summed E-state index contributed by atoms with van der Waals surface area (Å²) in [4.78, 5) is 68.6. The Bertz CT molecular complexity index is 1230. The molecule has 1 N–H and O–H groups in total. The minimum Gasteiger partial charge on any atom is -0.476 e. The van der Waals surface area contributed by atoms with Gasteiger partial charge in [0.1, 0.15) is 5.75 Å². The van der Waals surface area contributed by atoms with Crippen LogP contribution in [-0.2, 0) is 23.9 Å². The number of amides is 4. The first-order valence-corrected chi connectivity index (χ1v) is 15.1. The van der Waals surface area contributed by atoms with Crippen molar-refractivity contribution < 1.29 is 38.2 Å². The van der Waals surface area contributed by atoms with Crippen LogP contribution in [0.1, 0.15) is 90.1 Å². The number of nitrogens with zero attached hydrogens (tertiary/aromatic N) is 3. The fourth-order valence-corrected chi connectivity index (χ4v) is 5.47. The van der Waals surface area contributed by atoms with Gasteiger partial charge in [0.2, 0.25) is 12.2 Å².